The molecule has 0 aliphatic carbocycles. The van der Waals surface area contributed by atoms with E-state index in [0.29, 0.717) is 13.1 Å². The molecular formula is C25H23FN2O3S. The van der Waals surface area contributed by atoms with Gasteiger partial charge in [0.1, 0.15) is 5.82 Å². The second-order valence-corrected chi connectivity index (χ2v) is 10.8. The summed E-state index contributed by atoms with van der Waals surface area (Å²) in [5.74, 6) is -0.589. The molecule has 1 atom stereocenters. The van der Waals surface area contributed by atoms with Gasteiger partial charge in [-0.1, -0.05) is 29.8 Å². The van der Waals surface area contributed by atoms with Gasteiger partial charge in [0.05, 0.1) is 18.5 Å². The lowest BCUT2D eigenvalue weighted by molar-refractivity contribution is -0.123. The molecule has 164 valence electrons. The van der Waals surface area contributed by atoms with Gasteiger partial charge in [0.15, 0.2) is 10.6 Å². The van der Waals surface area contributed by atoms with Crippen molar-refractivity contribution in [3.8, 4) is 0 Å². The van der Waals surface area contributed by atoms with Gasteiger partial charge in [0.25, 0.3) is 11.8 Å². The number of hydrogen-bond donors (Lipinski definition) is 0. The van der Waals surface area contributed by atoms with Crippen LogP contribution in [0.4, 0.5) is 10.1 Å². The highest BCUT2D eigenvalue weighted by molar-refractivity contribution is 8.02. The van der Waals surface area contributed by atoms with Crippen molar-refractivity contribution >= 4 is 29.3 Å². The minimum absolute atomic E-state index is 0.169. The number of amides is 2. The summed E-state index contributed by atoms with van der Waals surface area (Å²) in [4.78, 5) is 29.8. The van der Waals surface area contributed by atoms with E-state index in [1.165, 1.54) is 30.2 Å². The maximum Gasteiger partial charge on any atom is 0.291 e. The number of nitrogens with zero attached hydrogens (tertiary/aromatic N) is 2. The van der Waals surface area contributed by atoms with E-state index in [9.17, 15) is 14.0 Å². The summed E-state index contributed by atoms with van der Waals surface area (Å²) >= 11 is 1.50. The number of carbonyl (C=O) groups is 2. The Balaban J connectivity index is 1.65. The van der Waals surface area contributed by atoms with Crippen LogP contribution in [-0.2, 0) is 16.2 Å². The smallest absolute Gasteiger partial charge is 0.291 e. The lowest BCUT2D eigenvalue weighted by Gasteiger charge is -2.32. The predicted octanol–water partition coefficient (Wildman–Crippen LogP) is 5.09. The fourth-order valence-corrected chi connectivity index (χ4v) is 6.30. The number of aryl methyl sites for hydroxylation is 1. The normalized spacial score (nSPS) is 21.4. The summed E-state index contributed by atoms with van der Waals surface area (Å²) in [5, 5.41) is 0. The largest absolute Gasteiger partial charge is 0.459 e. The van der Waals surface area contributed by atoms with E-state index >= 15 is 0 Å². The Morgan fingerprint density at radius 2 is 1.91 bits per heavy atom. The molecule has 0 saturated carbocycles. The van der Waals surface area contributed by atoms with Crippen molar-refractivity contribution < 1.29 is 18.4 Å². The number of carbonyl (C=O) groups excluding carboxylic acids is 2. The molecule has 3 heterocycles. The maximum atomic E-state index is 14.1. The fraction of sp³-hybridized carbons (Fsp3) is 0.280. The number of rotatable bonds is 3. The fourth-order valence-electron chi connectivity index (χ4n) is 4.58. The highest BCUT2D eigenvalue weighted by Gasteiger charge is 2.64. The van der Waals surface area contributed by atoms with Crippen molar-refractivity contribution in [2.75, 3.05) is 11.4 Å². The Morgan fingerprint density at radius 3 is 2.59 bits per heavy atom. The first-order chi connectivity index (χ1) is 15.2. The maximum absolute atomic E-state index is 14.1. The van der Waals surface area contributed by atoms with Crippen molar-refractivity contribution in [3.63, 3.8) is 0 Å². The highest BCUT2D eigenvalue weighted by Crippen LogP contribution is 2.60. The van der Waals surface area contributed by atoms with Gasteiger partial charge in [-0.15, -0.1) is 11.8 Å². The van der Waals surface area contributed by atoms with Crippen LogP contribution in [-0.4, -0.2) is 28.0 Å². The van der Waals surface area contributed by atoms with Crippen LogP contribution >= 0.6 is 11.8 Å². The number of halogens is 1. The number of furan rings is 1. The summed E-state index contributed by atoms with van der Waals surface area (Å²) < 4.78 is 18.5. The highest BCUT2D eigenvalue weighted by atomic mass is 32.2. The number of fused-ring (bicyclic) bond motifs is 2. The van der Waals surface area contributed by atoms with Gasteiger partial charge in [0.2, 0.25) is 0 Å². The van der Waals surface area contributed by atoms with Crippen molar-refractivity contribution in [1.82, 2.24) is 4.90 Å². The van der Waals surface area contributed by atoms with Gasteiger partial charge in [-0.05, 0) is 56.7 Å². The molecule has 1 saturated heterocycles. The number of anilines is 1. The first-order valence-corrected chi connectivity index (χ1v) is 11.3. The molecule has 32 heavy (non-hydrogen) atoms. The van der Waals surface area contributed by atoms with Crippen LogP contribution in [0.25, 0.3) is 0 Å². The van der Waals surface area contributed by atoms with Crippen LogP contribution in [0.5, 0.6) is 0 Å². The van der Waals surface area contributed by atoms with Crippen LogP contribution in [0.3, 0.4) is 0 Å². The zero-order valence-electron chi connectivity index (χ0n) is 18.1. The summed E-state index contributed by atoms with van der Waals surface area (Å²) in [6.45, 7) is 6.76. The quantitative estimate of drug-likeness (QED) is 0.558. The minimum atomic E-state index is -1.19. The standard InChI is InChI=1S/C25H23FN2O3S/c1-16-6-11-20-19(13-16)25(23(30)27(20)14-17-7-9-18(26)10-8-17)28(15-24(2,3)32-25)22(29)21-5-4-12-31-21/h4-13H,14-15H2,1-3H3. The van der Waals surface area contributed by atoms with Gasteiger partial charge in [-0.25, -0.2) is 4.39 Å². The molecule has 2 aromatic carbocycles. The third kappa shape index (κ3) is 3.14. The Morgan fingerprint density at radius 1 is 1.16 bits per heavy atom. The molecule has 2 aliphatic heterocycles. The van der Waals surface area contributed by atoms with Crippen LogP contribution < -0.4 is 4.90 Å². The molecule has 1 unspecified atom stereocenters. The van der Waals surface area contributed by atoms with E-state index in [0.717, 1.165) is 22.4 Å². The monoisotopic (exact) mass is 450 g/mol. The van der Waals surface area contributed by atoms with Gasteiger partial charge in [0, 0.05) is 16.9 Å². The molecule has 3 aromatic rings. The molecule has 5 nitrogen and oxygen atoms in total. The lowest BCUT2D eigenvalue weighted by atomic mass is 10.0. The topological polar surface area (TPSA) is 53.8 Å². The van der Waals surface area contributed by atoms with E-state index in [4.69, 9.17) is 4.42 Å². The first kappa shape index (κ1) is 20.8. The molecule has 7 heteroatoms. The second kappa shape index (κ2) is 7.24. The first-order valence-electron chi connectivity index (χ1n) is 10.4. The van der Waals surface area contributed by atoms with Crippen molar-refractivity contribution in [3.05, 3.63) is 89.1 Å². The van der Waals surface area contributed by atoms with E-state index in [1.807, 2.05) is 39.0 Å². The average Bonchev–Trinajstić information content (AvgIpc) is 3.43. The van der Waals surface area contributed by atoms with E-state index in [-0.39, 0.29) is 28.1 Å². The summed E-state index contributed by atoms with van der Waals surface area (Å²) in [6.07, 6.45) is 1.46. The zero-order valence-corrected chi connectivity index (χ0v) is 18.9. The second-order valence-electron chi connectivity index (χ2n) is 8.91. The summed E-state index contributed by atoms with van der Waals surface area (Å²) in [6, 6.07) is 15.3. The number of benzene rings is 2. The Labute approximate surface area is 190 Å². The molecule has 2 aliphatic rings. The van der Waals surface area contributed by atoms with Crippen LogP contribution in [0.1, 0.15) is 41.1 Å². The van der Waals surface area contributed by atoms with Crippen molar-refractivity contribution in [2.45, 2.75) is 36.9 Å². The average molecular weight is 451 g/mol. The third-order valence-corrected chi connectivity index (χ3v) is 7.51. The zero-order chi connectivity index (χ0) is 22.7. The molecule has 2 amide bonds. The molecular weight excluding hydrogens is 427 g/mol. The Hall–Kier alpha value is -3.06. The van der Waals surface area contributed by atoms with Gasteiger partial charge >= 0.3 is 0 Å². The number of hydrogen-bond acceptors (Lipinski definition) is 4. The van der Waals surface area contributed by atoms with Gasteiger partial charge in [-0.3, -0.25) is 9.59 Å². The van der Waals surface area contributed by atoms with E-state index in [2.05, 4.69) is 0 Å². The Bertz CT molecular complexity index is 1210. The molecule has 0 bridgehead atoms. The van der Waals surface area contributed by atoms with Gasteiger partial charge in [-0.2, -0.15) is 0 Å². The van der Waals surface area contributed by atoms with Crippen LogP contribution in [0.15, 0.2) is 65.3 Å². The lowest BCUT2D eigenvalue weighted by Crippen LogP contribution is -2.50. The molecule has 1 spiro atoms. The molecule has 5 rings (SSSR count). The molecule has 0 N–H and O–H groups in total. The SMILES string of the molecule is Cc1ccc2c(c1)C1(SC(C)(C)CN1C(=O)c1ccco1)C(=O)N2Cc1ccc(F)cc1. The number of thioether (sulfide) groups is 1. The van der Waals surface area contributed by atoms with E-state index in [1.54, 1.807) is 34.1 Å². The van der Waals surface area contributed by atoms with Crippen LogP contribution in [0.2, 0.25) is 0 Å². The summed E-state index contributed by atoms with van der Waals surface area (Å²) in [7, 11) is 0. The molecule has 1 fully saturated rings. The minimum Gasteiger partial charge on any atom is -0.459 e. The van der Waals surface area contributed by atoms with Crippen molar-refractivity contribution in [2.24, 2.45) is 0 Å². The molecule has 1 aromatic heterocycles. The Kier molecular flexibility index (Phi) is 4.71. The predicted molar refractivity (Wildman–Crippen MR) is 122 cm³/mol. The summed E-state index contributed by atoms with van der Waals surface area (Å²) in [5.41, 5.74) is 3.40. The van der Waals surface area contributed by atoms with Gasteiger partial charge < -0.3 is 14.2 Å². The van der Waals surface area contributed by atoms with Crippen LogP contribution in [0, 0.1) is 12.7 Å². The third-order valence-electron chi connectivity index (χ3n) is 5.92. The molecule has 0 radical (unpaired) electrons. The van der Waals surface area contributed by atoms with E-state index < -0.39 is 4.87 Å². The van der Waals surface area contributed by atoms with Crippen molar-refractivity contribution in [1.29, 1.82) is 0 Å².